The van der Waals surface area contributed by atoms with Crippen molar-refractivity contribution >= 4 is 38.8 Å². The molecule has 2 rings (SSSR count). The van der Waals surface area contributed by atoms with Crippen LogP contribution < -0.4 is 10.5 Å². The fraction of sp³-hybridized carbons (Fsp3) is 0.0769. The predicted molar refractivity (Wildman–Crippen MR) is 85.6 cm³/mol. The molecule has 0 saturated heterocycles. The van der Waals surface area contributed by atoms with E-state index in [1.807, 2.05) is 0 Å². The third-order valence-corrected chi connectivity index (χ3v) is 4.53. The first-order chi connectivity index (χ1) is 9.88. The molecule has 0 amide bonds. The molecule has 0 saturated carbocycles. The summed E-state index contributed by atoms with van der Waals surface area (Å²) in [4.78, 5) is 4.08. The Bertz CT molecular complexity index is 744. The molecular formula is C13H12ClN3O2S2. The molecule has 0 unspecified atom stereocenters. The number of sulfonamides is 1. The number of benzene rings is 1. The van der Waals surface area contributed by atoms with Crippen LogP contribution in [0.5, 0.6) is 0 Å². The van der Waals surface area contributed by atoms with Crippen LogP contribution in [0.1, 0.15) is 11.3 Å². The second-order valence-corrected chi connectivity index (χ2v) is 6.84. The van der Waals surface area contributed by atoms with E-state index in [0.29, 0.717) is 10.7 Å². The standard InChI is InChI=1S/C13H12ClN3O2S2/c14-10-3-1-9(2-4-10)7-17-21(18,19)11-5-6-12(13(15)20)16-8-11/h1-6,8,17H,7H2,(H2,15,20). The number of hydrogen-bond acceptors (Lipinski definition) is 4. The van der Waals surface area contributed by atoms with Gasteiger partial charge in [-0.05, 0) is 29.8 Å². The van der Waals surface area contributed by atoms with Crippen molar-refractivity contribution in [2.45, 2.75) is 11.4 Å². The maximum Gasteiger partial charge on any atom is 0.242 e. The Kier molecular flexibility index (Phi) is 4.89. The molecule has 0 fully saturated rings. The van der Waals surface area contributed by atoms with Crippen molar-refractivity contribution < 1.29 is 8.42 Å². The third-order valence-electron chi connectivity index (χ3n) is 2.68. The van der Waals surface area contributed by atoms with Crippen LogP contribution in [-0.4, -0.2) is 18.4 Å². The van der Waals surface area contributed by atoms with E-state index in [1.54, 1.807) is 24.3 Å². The number of rotatable bonds is 5. The average Bonchev–Trinajstić information content (AvgIpc) is 2.47. The molecule has 0 aliphatic carbocycles. The summed E-state index contributed by atoms with van der Waals surface area (Å²) in [6, 6.07) is 9.77. The monoisotopic (exact) mass is 341 g/mol. The molecule has 1 heterocycles. The van der Waals surface area contributed by atoms with Crippen LogP contribution in [0.3, 0.4) is 0 Å². The largest absolute Gasteiger partial charge is 0.388 e. The van der Waals surface area contributed by atoms with Crippen molar-refractivity contribution in [2.24, 2.45) is 5.73 Å². The molecule has 3 N–H and O–H groups in total. The van der Waals surface area contributed by atoms with Gasteiger partial charge in [0, 0.05) is 17.8 Å². The number of hydrogen-bond donors (Lipinski definition) is 2. The highest BCUT2D eigenvalue weighted by Crippen LogP contribution is 2.12. The topological polar surface area (TPSA) is 85.1 Å². The quantitative estimate of drug-likeness (QED) is 0.811. The predicted octanol–water partition coefficient (Wildman–Crippen LogP) is 1.85. The fourth-order valence-electron chi connectivity index (χ4n) is 1.55. The molecule has 5 nitrogen and oxygen atoms in total. The van der Waals surface area contributed by atoms with E-state index in [0.717, 1.165) is 5.56 Å². The van der Waals surface area contributed by atoms with Crippen LogP contribution in [0.2, 0.25) is 5.02 Å². The van der Waals surface area contributed by atoms with E-state index in [-0.39, 0.29) is 16.4 Å². The Balaban J connectivity index is 2.11. The van der Waals surface area contributed by atoms with Gasteiger partial charge in [0.15, 0.2) is 0 Å². The van der Waals surface area contributed by atoms with Gasteiger partial charge in [-0.15, -0.1) is 0 Å². The lowest BCUT2D eigenvalue weighted by Gasteiger charge is -2.07. The van der Waals surface area contributed by atoms with Crippen LogP contribution in [0, 0.1) is 0 Å². The first-order valence-electron chi connectivity index (χ1n) is 5.88. The third kappa shape index (κ3) is 4.21. The molecule has 0 aliphatic heterocycles. The fourth-order valence-corrected chi connectivity index (χ4v) is 2.76. The summed E-state index contributed by atoms with van der Waals surface area (Å²) < 4.78 is 26.7. The van der Waals surface area contributed by atoms with Gasteiger partial charge < -0.3 is 5.73 Å². The van der Waals surface area contributed by atoms with Gasteiger partial charge in [0.25, 0.3) is 0 Å². The Morgan fingerprint density at radius 2 is 1.90 bits per heavy atom. The van der Waals surface area contributed by atoms with Crippen molar-refractivity contribution in [1.82, 2.24) is 9.71 Å². The highest BCUT2D eigenvalue weighted by atomic mass is 35.5. The second-order valence-electron chi connectivity index (χ2n) is 4.19. The highest BCUT2D eigenvalue weighted by molar-refractivity contribution is 7.89. The maximum atomic E-state index is 12.1. The summed E-state index contributed by atoms with van der Waals surface area (Å²) in [5.41, 5.74) is 6.59. The molecule has 1 aromatic heterocycles. The van der Waals surface area contributed by atoms with E-state index < -0.39 is 10.0 Å². The van der Waals surface area contributed by atoms with Gasteiger partial charge in [0.2, 0.25) is 10.0 Å². The molecule has 0 spiro atoms. The molecule has 8 heteroatoms. The normalized spacial score (nSPS) is 11.3. The number of nitrogens with one attached hydrogen (secondary N) is 1. The maximum absolute atomic E-state index is 12.1. The van der Waals surface area contributed by atoms with Gasteiger partial charge >= 0.3 is 0 Å². The van der Waals surface area contributed by atoms with Crippen molar-refractivity contribution in [2.75, 3.05) is 0 Å². The molecule has 110 valence electrons. The Labute approximate surface area is 133 Å². The number of halogens is 1. The highest BCUT2D eigenvalue weighted by Gasteiger charge is 2.14. The van der Waals surface area contributed by atoms with E-state index in [2.05, 4.69) is 9.71 Å². The zero-order valence-electron chi connectivity index (χ0n) is 10.8. The van der Waals surface area contributed by atoms with Crippen LogP contribution in [0.25, 0.3) is 0 Å². The van der Waals surface area contributed by atoms with E-state index in [4.69, 9.17) is 29.6 Å². The van der Waals surface area contributed by atoms with Gasteiger partial charge in [0.05, 0.1) is 5.69 Å². The van der Waals surface area contributed by atoms with Crippen molar-refractivity contribution in [3.63, 3.8) is 0 Å². The molecule has 1 aromatic carbocycles. The SMILES string of the molecule is NC(=S)c1ccc(S(=O)(=O)NCc2ccc(Cl)cc2)cn1. The van der Waals surface area contributed by atoms with Crippen LogP contribution in [0.4, 0.5) is 0 Å². The molecule has 2 aromatic rings. The van der Waals surface area contributed by atoms with Crippen molar-refractivity contribution in [1.29, 1.82) is 0 Å². The minimum absolute atomic E-state index is 0.0523. The number of nitrogens with two attached hydrogens (primary N) is 1. The lowest BCUT2D eigenvalue weighted by Crippen LogP contribution is -2.23. The summed E-state index contributed by atoms with van der Waals surface area (Å²) in [5.74, 6) is 0. The van der Waals surface area contributed by atoms with Crippen LogP contribution in [-0.2, 0) is 16.6 Å². The van der Waals surface area contributed by atoms with E-state index >= 15 is 0 Å². The van der Waals surface area contributed by atoms with Gasteiger partial charge in [-0.3, -0.25) is 4.98 Å². The summed E-state index contributed by atoms with van der Waals surface area (Å²) in [6.45, 7) is 0.163. The zero-order chi connectivity index (χ0) is 15.5. The molecule has 0 atom stereocenters. The van der Waals surface area contributed by atoms with Crippen LogP contribution in [0.15, 0.2) is 47.5 Å². The molecule has 0 radical (unpaired) electrons. The number of thiocarbonyl (C=S) groups is 1. The first-order valence-corrected chi connectivity index (χ1v) is 8.15. The van der Waals surface area contributed by atoms with Gasteiger partial charge in [-0.2, -0.15) is 0 Å². The summed E-state index contributed by atoms with van der Waals surface area (Å²) >= 11 is 10.5. The molecular weight excluding hydrogens is 330 g/mol. The number of pyridine rings is 1. The Morgan fingerprint density at radius 3 is 2.43 bits per heavy atom. The minimum atomic E-state index is -3.64. The summed E-state index contributed by atoms with van der Waals surface area (Å²) in [7, 11) is -3.64. The number of nitrogens with zero attached hydrogens (tertiary/aromatic N) is 1. The molecule has 0 aliphatic rings. The van der Waals surface area contributed by atoms with Crippen molar-refractivity contribution in [3.8, 4) is 0 Å². The Morgan fingerprint density at radius 1 is 1.24 bits per heavy atom. The zero-order valence-corrected chi connectivity index (χ0v) is 13.2. The average molecular weight is 342 g/mol. The smallest absolute Gasteiger partial charge is 0.242 e. The first kappa shape index (κ1) is 15.8. The second kappa shape index (κ2) is 6.48. The van der Waals surface area contributed by atoms with Gasteiger partial charge in [-0.25, -0.2) is 13.1 Å². The van der Waals surface area contributed by atoms with E-state index in [1.165, 1.54) is 18.3 Å². The summed E-state index contributed by atoms with van der Waals surface area (Å²) in [5, 5.41) is 0.596. The van der Waals surface area contributed by atoms with Crippen molar-refractivity contribution in [3.05, 3.63) is 58.9 Å². The molecule has 0 bridgehead atoms. The van der Waals surface area contributed by atoms with Gasteiger partial charge in [-0.1, -0.05) is 36.0 Å². The molecule has 21 heavy (non-hydrogen) atoms. The number of aromatic nitrogens is 1. The van der Waals surface area contributed by atoms with Crippen LogP contribution >= 0.6 is 23.8 Å². The minimum Gasteiger partial charge on any atom is -0.388 e. The Hall–Kier alpha value is -1.54. The van der Waals surface area contributed by atoms with Gasteiger partial charge in [0.1, 0.15) is 9.88 Å². The van der Waals surface area contributed by atoms with E-state index in [9.17, 15) is 8.42 Å². The summed E-state index contributed by atoms with van der Waals surface area (Å²) in [6.07, 6.45) is 1.22. The lowest BCUT2D eigenvalue weighted by molar-refractivity contribution is 0.581. The lowest BCUT2D eigenvalue weighted by atomic mass is 10.2.